The van der Waals surface area contributed by atoms with Crippen LogP contribution < -0.4 is 0 Å². The molecule has 1 fully saturated rings. The maximum atomic E-state index is 11.9. The third-order valence-corrected chi connectivity index (χ3v) is 7.10. The van der Waals surface area contributed by atoms with Crippen LogP contribution in [0, 0.1) is 0 Å². The van der Waals surface area contributed by atoms with Crippen molar-refractivity contribution < 1.29 is 14.7 Å². The zero-order chi connectivity index (χ0) is 24.2. The number of benzene rings is 1. The van der Waals surface area contributed by atoms with Crippen LogP contribution >= 0.6 is 0 Å². The Morgan fingerprint density at radius 2 is 2.18 bits per heavy atom. The topological polar surface area (TPSA) is 91.3 Å². The van der Waals surface area contributed by atoms with Gasteiger partial charge in [0.2, 0.25) is 0 Å². The normalized spacial score (nSPS) is 20.2. The Balaban J connectivity index is 1.74. The molecule has 180 valence electrons. The van der Waals surface area contributed by atoms with E-state index < -0.39 is 0 Å². The third kappa shape index (κ3) is 4.91. The zero-order valence-electron chi connectivity index (χ0n) is 20.3. The lowest BCUT2D eigenvalue weighted by Gasteiger charge is -2.26. The molecular weight excluding hydrogens is 428 g/mol. The second kappa shape index (κ2) is 10.5. The highest BCUT2D eigenvalue weighted by atomic mass is 16.7. The van der Waals surface area contributed by atoms with Gasteiger partial charge in [0.1, 0.15) is 5.75 Å². The van der Waals surface area contributed by atoms with E-state index in [2.05, 4.69) is 35.6 Å². The number of hydrogen-bond acceptors (Lipinski definition) is 6. The predicted octanol–water partition coefficient (Wildman–Crippen LogP) is 5.49. The molecule has 0 spiro atoms. The van der Waals surface area contributed by atoms with Gasteiger partial charge in [0.05, 0.1) is 12.3 Å². The summed E-state index contributed by atoms with van der Waals surface area (Å²) >= 11 is 0. The van der Waals surface area contributed by atoms with Crippen LogP contribution in [0.5, 0.6) is 5.75 Å². The Morgan fingerprint density at radius 1 is 1.38 bits per heavy atom. The van der Waals surface area contributed by atoms with Gasteiger partial charge >= 0.3 is 0 Å². The van der Waals surface area contributed by atoms with Gasteiger partial charge in [0.15, 0.2) is 11.4 Å². The first kappa shape index (κ1) is 24.1. The third-order valence-electron chi connectivity index (χ3n) is 7.10. The fourth-order valence-electron chi connectivity index (χ4n) is 4.92. The molecule has 7 nitrogen and oxygen atoms in total. The molecule has 4 rings (SSSR count). The molecule has 1 saturated heterocycles. The molecule has 0 saturated carbocycles. The van der Waals surface area contributed by atoms with Crippen LogP contribution in [0.2, 0.25) is 0 Å². The molecule has 3 heterocycles. The number of hydroxylamine groups is 2. The van der Waals surface area contributed by atoms with Gasteiger partial charge in [0.25, 0.3) is 0 Å². The number of nitrogens with one attached hydrogen (secondary N) is 1. The minimum absolute atomic E-state index is 0.0621. The SMILES string of the molecule is C=CC(=O)CCC1CC(c2[nH]c3nnc(-c4ccccc4O)cc3c2C(C)CC)CCON1C. The van der Waals surface area contributed by atoms with E-state index in [4.69, 9.17) is 4.84 Å². The van der Waals surface area contributed by atoms with E-state index in [0.717, 1.165) is 36.7 Å². The minimum atomic E-state index is 0.0621. The zero-order valence-corrected chi connectivity index (χ0v) is 20.3. The number of nitrogens with zero attached hydrogens (tertiary/aromatic N) is 3. The van der Waals surface area contributed by atoms with Crippen LogP contribution in [0.4, 0.5) is 0 Å². The molecule has 1 aromatic carbocycles. The van der Waals surface area contributed by atoms with Gasteiger partial charge in [-0.15, -0.1) is 10.2 Å². The Morgan fingerprint density at radius 3 is 2.91 bits per heavy atom. The van der Waals surface area contributed by atoms with Gasteiger partial charge in [-0.25, -0.2) is 0 Å². The summed E-state index contributed by atoms with van der Waals surface area (Å²) in [7, 11) is 1.95. The van der Waals surface area contributed by atoms with Crippen LogP contribution in [0.3, 0.4) is 0 Å². The number of aromatic hydroxyl groups is 1. The molecule has 34 heavy (non-hydrogen) atoms. The summed E-state index contributed by atoms with van der Waals surface area (Å²) in [6.45, 7) is 8.65. The summed E-state index contributed by atoms with van der Waals surface area (Å²) < 4.78 is 0. The average molecular weight is 463 g/mol. The number of carbonyl (C=O) groups excluding carboxylic acids is 1. The first-order valence-corrected chi connectivity index (χ1v) is 12.1. The van der Waals surface area contributed by atoms with Crippen molar-refractivity contribution in [3.63, 3.8) is 0 Å². The van der Waals surface area contributed by atoms with Crippen molar-refractivity contribution >= 4 is 16.8 Å². The number of phenolic OH excluding ortho intramolecular Hbond substituents is 1. The van der Waals surface area contributed by atoms with E-state index in [1.807, 2.05) is 30.3 Å². The second-order valence-corrected chi connectivity index (χ2v) is 9.23. The summed E-state index contributed by atoms with van der Waals surface area (Å²) in [5, 5.41) is 22.2. The minimum Gasteiger partial charge on any atom is -0.507 e. The van der Waals surface area contributed by atoms with Crippen LogP contribution in [-0.4, -0.2) is 50.8 Å². The number of aromatic amines is 1. The number of aromatic nitrogens is 3. The average Bonchev–Trinajstić information content (AvgIpc) is 3.13. The molecule has 3 aromatic rings. The predicted molar refractivity (Wildman–Crippen MR) is 134 cm³/mol. The highest BCUT2D eigenvalue weighted by Crippen LogP contribution is 2.40. The quantitative estimate of drug-likeness (QED) is 0.430. The van der Waals surface area contributed by atoms with Crippen molar-refractivity contribution in [3.8, 4) is 17.0 Å². The smallest absolute Gasteiger partial charge is 0.160 e. The van der Waals surface area contributed by atoms with E-state index in [-0.39, 0.29) is 23.5 Å². The van der Waals surface area contributed by atoms with Gasteiger partial charge in [-0.2, -0.15) is 5.06 Å². The van der Waals surface area contributed by atoms with E-state index in [1.165, 1.54) is 17.3 Å². The highest BCUT2D eigenvalue weighted by molar-refractivity contribution is 5.89. The van der Waals surface area contributed by atoms with Crippen molar-refractivity contribution in [2.24, 2.45) is 0 Å². The summed E-state index contributed by atoms with van der Waals surface area (Å²) in [6, 6.07) is 9.38. The van der Waals surface area contributed by atoms with Crippen LogP contribution in [0.1, 0.15) is 69.0 Å². The van der Waals surface area contributed by atoms with Crippen molar-refractivity contribution in [3.05, 3.63) is 54.2 Å². The van der Waals surface area contributed by atoms with Crippen molar-refractivity contribution in [2.45, 2.75) is 63.8 Å². The molecule has 2 N–H and O–H groups in total. The Labute approximate surface area is 200 Å². The largest absolute Gasteiger partial charge is 0.507 e. The summed E-state index contributed by atoms with van der Waals surface area (Å²) in [5.74, 6) is 0.832. The fraction of sp³-hybridized carbons (Fsp3) is 0.444. The summed E-state index contributed by atoms with van der Waals surface area (Å²) in [6.07, 6.45) is 5.36. The molecule has 3 atom stereocenters. The molecule has 0 amide bonds. The van der Waals surface area contributed by atoms with Gasteiger partial charge in [-0.05, 0) is 61.4 Å². The first-order chi connectivity index (χ1) is 16.4. The number of ketones is 1. The van der Waals surface area contributed by atoms with Gasteiger partial charge in [-0.3, -0.25) is 9.63 Å². The van der Waals surface area contributed by atoms with Crippen LogP contribution in [0.15, 0.2) is 43.0 Å². The number of H-pyrrole nitrogens is 1. The fourth-order valence-corrected chi connectivity index (χ4v) is 4.92. The summed E-state index contributed by atoms with van der Waals surface area (Å²) in [4.78, 5) is 21.4. The molecule has 1 aliphatic rings. The van der Waals surface area contributed by atoms with Gasteiger partial charge in [0, 0.05) is 42.1 Å². The lowest BCUT2D eigenvalue weighted by Crippen LogP contribution is -2.31. The molecule has 0 aliphatic carbocycles. The molecule has 1 aliphatic heterocycles. The van der Waals surface area contributed by atoms with E-state index in [0.29, 0.717) is 30.2 Å². The van der Waals surface area contributed by atoms with Crippen LogP contribution in [-0.2, 0) is 9.63 Å². The first-order valence-electron chi connectivity index (χ1n) is 12.1. The number of rotatable bonds is 8. The Hall–Kier alpha value is -3.03. The van der Waals surface area contributed by atoms with Crippen molar-refractivity contribution in [1.82, 2.24) is 20.2 Å². The van der Waals surface area contributed by atoms with E-state index in [1.54, 1.807) is 12.1 Å². The molecule has 3 unspecified atom stereocenters. The number of allylic oxidation sites excluding steroid dienone is 1. The van der Waals surface area contributed by atoms with Gasteiger partial charge < -0.3 is 10.1 Å². The van der Waals surface area contributed by atoms with E-state index >= 15 is 0 Å². The van der Waals surface area contributed by atoms with Crippen molar-refractivity contribution in [1.29, 1.82) is 0 Å². The lowest BCUT2D eigenvalue weighted by atomic mass is 9.85. The Kier molecular flexibility index (Phi) is 7.44. The van der Waals surface area contributed by atoms with E-state index in [9.17, 15) is 9.90 Å². The second-order valence-electron chi connectivity index (χ2n) is 9.23. The standard InChI is InChI=1S/C27H34N4O3/c1-5-17(3)25-22-16-23(21-9-7-8-10-24(21)33)29-30-27(22)28-26(25)18-13-14-34-31(4)19(15-18)11-12-20(32)6-2/h6-10,16-19,33H,2,5,11-15H2,1,3-4H3,(H,28,30). The number of fused-ring (bicyclic) bond motifs is 1. The van der Waals surface area contributed by atoms with Crippen LogP contribution in [0.25, 0.3) is 22.3 Å². The summed E-state index contributed by atoms with van der Waals surface area (Å²) in [5.41, 5.74) is 4.55. The number of phenols is 1. The number of carbonyl (C=O) groups is 1. The number of para-hydroxylation sites is 1. The molecule has 2 aromatic heterocycles. The monoisotopic (exact) mass is 462 g/mol. The Bertz CT molecular complexity index is 1170. The number of hydrogen-bond donors (Lipinski definition) is 2. The maximum absolute atomic E-state index is 11.9. The highest BCUT2D eigenvalue weighted by Gasteiger charge is 2.30. The lowest BCUT2D eigenvalue weighted by molar-refractivity contribution is -0.161. The molecule has 7 heteroatoms. The van der Waals surface area contributed by atoms with Gasteiger partial charge in [-0.1, -0.05) is 32.6 Å². The molecule has 0 radical (unpaired) electrons. The van der Waals surface area contributed by atoms with Crippen molar-refractivity contribution in [2.75, 3.05) is 13.7 Å². The maximum Gasteiger partial charge on any atom is 0.160 e. The molecule has 0 bridgehead atoms. The molecular formula is C27H34N4O3.